The number of halogens is 4. The van der Waals surface area contributed by atoms with Crippen LogP contribution in [0.5, 0.6) is 0 Å². The molecule has 3 aromatic rings. The van der Waals surface area contributed by atoms with Crippen molar-refractivity contribution in [1.29, 1.82) is 0 Å². The Morgan fingerprint density at radius 3 is 2.74 bits per heavy atom. The number of hydrazone groups is 1. The van der Waals surface area contributed by atoms with Gasteiger partial charge in [0.2, 0.25) is 0 Å². The number of alkyl halides is 3. The highest BCUT2D eigenvalue weighted by Gasteiger charge is 2.40. The summed E-state index contributed by atoms with van der Waals surface area (Å²) in [7, 11) is 0. The van der Waals surface area contributed by atoms with Crippen molar-refractivity contribution in [3.8, 4) is 5.69 Å². The molecule has 4 heterocycles. The number of nitrogens with zero attached hydrogens (tertiary/aromatic N) is 6. The Balaban J connectivity index is 1.66. The second-order valence-electron chi connectivity index (χ2n) is 6.43. The second-order valence-corrected chi connectivity index (χ2v) is 6.84. The Kier molecular flexibility index (Phi) is 5.33. The number of rotatable bonds is 4. The fourth-order valence-electron chi connectivity index (χ4n) is 2.95. The topological polar surface area (TPSA) is 100 Å². The number of nitrogens with one attached hydrogen (secondary N) is 2. The summed E-state index contributed by atoms with van der Waals surface area (Å²) in [4.78, 5) is 20.6. The lowest BCUT2D eigenvalue weighted by Crippen LogP contribution is -2.29. The van der Waals surface area contributed by atoms with E-state index in [4.69, 9.17) is 11.6 Å². The minimum Gasteiger partial charge on any atom is -0.320 e. The van der Waals surface area contributed by atoms with E-state index in [2.05, 4.69) is 30.9 Å². The molecule has 1 aliphatic rings. The SMILES string of the molecule is Cc1cnccc1-n1ncc(C(=O)Nc2cnc(N3N=CCN3)c(Cl)c2)c1C(F)(F)F. The molecule has 0 atom stereocenters. The van der Waals surface area contributed by atoms with Crippen LogP contribution in [0, 0.1) is 6.92 Å². The first-order valence-electron chi connectivity index (χ1n) is 8.85. The van der Waals surface area contributed by atoms with E-state index >= 15 is 0 Å². The van der Waals surface area contributed by atoms with E-state index in [1.165, 1.54) is 35.8 Å². The third-order valence-corrected chi connectivity index (χ3v) is 4.59. The van der Waals surface area contributed by atoms with Gasteiger partial charge >= 0.3 is 6.18 Å². The van der Waals surface area contributed by atoms with Crippen LogP contribution in [0.25, 0.3) is 5.69 Å². The van der Waals surface area contributed by atoms with Crippen molar-refractivity contribution in [3.05, 3.63) is 58.8 Å². The largest absolute Gasteiger partial charge is 0.434 e. The number of carbonyl (C=O) groups is 1. The van der Waals surface area contributed by atoms with E-state index in [1.54, 1.807) is 13.1 Å². The number of aryl methyl sites for hydroxylation is 1. The lowest BCUT2D eigenvalue weighted by atomic mass is 10.2. The van der Waals surface area contributed by atoms with Crippen LogP contribution in [0.15, 0.2) is 42.0 Å². The molecule has 0 saturated carbocycles. The minimum absolute atomic E-state index is 0.114. The summed E-state index contributed by atoms with van der Waals surface area (Å²) in [6.07, 6.45) is 1.65. The van der Waals surface area contributed by atoms with Crippen molar-refractivity contribution in [2.45, 2.75) is 13.1 Å². The molecule has 1 amide bonds. The summed E-state index contributed by atoms with van der Waals surface area (Å²) in [5.74, 6) is -0.724. The maximum Gasteiger partial charge on any atom is 0.434 e. The van der Waals surface area contributed by atoms with Gasteiger partial charge in [-0.2, -0.15) is 28.5 Å². The van der Waals surface area contributed by atoms with Crippen molar-refractivity contribution >= 4 is 35.2 Å². The summed E-state index contributed by atoms with van der Waals surface area (Å²) in [5, 5.41) is 11.7. The minimum atomic E-state index is -4.84. The zero-order valence-electron chi connectivity index (χ0n) is 15.9. The summed E-state index contributed by atoms with van der Waals surface area (Å²) >= 11 is 6.17. The Bertz CT molecular complexity index is 1180. The normalized spacial score (nSPS) is 13.6. The molecule has 0 spiro atoms. The number of carbonyl (C=O) groups excluding carboxylic acids is 1. The standard InChI is InChI=1S/C18H14ClF3N8O/c1-10-7-23-3-2-14(10)29-15(18(20,21)22)12(9-27-29)17(31)28-11-6-13(19)16(24-8-11)30-25-4-5-26-30/h2-4,6-9,26H,5H2,1H3,(H,28,31). The van der Waals surface area contributed by atoms with Gasteiger partial charge in [0.25, 0.3) is 5.91 Å². The molecule has 3 aromatic heterocycles. The molecule has 1 aliphatic heterocycles. The molecule has 2 N–H and O–H groups in total. The summed E-state index contributed by atoms with van der Waals surface area (Å²) in [5.41, 5.74) is 1.78. The number of pyridine rings is 2. The molecule has 4 rings (SSSR count). The van der Waals surface area contributed by atoms with E-state index in [1.807, 2.05) is 0 Å². The van der Waals surface area contributed by atoms with E-state index < -0.39 is 23.3 Å². The molecule has 0 bridgehead atoms. The van der Waals surface area contributed by atoms with Crippen molar-refractivity contribution in [1.82, 2.24) is 25.2 Å². The van der Waals surface area contributed by atoms with Crippen molar-refractivity contribution in [2.75, 3.05) is 17.0 Å². The van der Waals surface area contributed by atoms with Crippen molar-refractivity contribution < 1.29 is 18.0 Å². The zero-order valence-corrected chi connectivity index (χ0v) is 16.6. The Labute approximate surface area is 178 Å². The fraction of sp³-hybridized carbons (Fsp3) is 0.167. The van der Waals surface area contributed by atoms with Gasteiger partial charge in [0.05, 0.1) is 40.9 Å². The first-order chi connectivity index (χ1) is 14.8. The molecule has 9 nitrogen and oxygen atoms in total. The number of hydrogen-bond donors (Lipinski definition) is 2. The average molecular weight is 451 g/mol. The molecule has 0 aromatic carbocycles. The number of anilines is 2. The van der Waals surface area contributed by atoms with Gasteiger partial charge < -0.3 is 5.32 Å². The van der Waals surface area contributed by atoms with Crippen LogP contribution in [0.4, 0.5) is 24.7 Å². The number of aromatic nitrogens is 4. The number of hydrazine groups is 1. The molecule has 0 aliphatic carbocycles. The molecule has 31 heavy (non-hydrogen) atoms. The highest BCUT2D eigenvalue weighted by atomic mass is 35.5. The molecular formula is C18H14ClF3N8O. The molecule has 13 heteroatoms. The average Bonchev–Trinajstić information content (AvgIpc) is 3.38. The van der Waals surface area contributed by atoms with Crippen molar-refractivity contribution in [3.63, 3.8) is 0 Å². The molecular weight excluding hydrogens is 437 g/mol. The third kappa shape index (κ3) is 4.07. The smallest absolute Gasteiger partial charge is 0.320 e. The van der Waals surface area contributed by atoms with Gasteiger partial charge in [0, 0.05) is 18.6 Å². The van der Waals surface area contributed by atoms with Crippen LogP contribution in [0.3, 0.4) is 0 Å². The Morgan fingerprint density at radius 2 is 2.10 bits per heavy atom. The predicted molar refractivity (Wildman–Crippen MR) is 107 cm³/mol. The predicted octanol–water partition coefficient (Wildman–Crippen LogP) is 3.21. The van der Waals surface area contributed by atoms with Crippen LogP contribution in [-0.4, -0.2) is 38.4 Å². The summed E-state index contributed by atoms with van der Waals surface area (Å²) < 4.78 is 42.2. The van der Waals surface area contributed by atoms with Gasteiger partial charge in [-0.25, -0.2) is 15.1 Å². The number of amides is 1. The Morgan fingerprint density at radius 1 is 1.29 bits per heavy atom. The zero-order chi connectivity index (χ0) is 22.2. The number of hydrogen-bond acceptors (Lipinski definition) is 7. The quantitative estimate of drug-likeness (QED) is 0.633. The summed E-state index contributed by atoms with van der Waals surface area (Å²) in [6, 6.07) is 2.75. The highest BCUT2D eigenvalue weighted by Crippen LogP contribution is 2.34. The van der Waals surface area contributed by atoms with Gasteiger partial charge in [0.1, 0.15) is 0 Å². The van der Waals surface area contributed by atoms with E-state index in [0.717, 1.165) is 6.20 Å². The lowest BCUT2D eigenvalue weighted by Gasteiger charge is -2.15. The maximum atomic E-state index is 13.8. The van der Waals surface area contributed by atoms with Crippen LogP contribution in [0.2, 0.25) is 5.02 Å². The first kappa shape index (κ1) is 20.8. The lowest BCUT2D eigenvalue weighted by molar-refractivity contribution is -0.143. The van der Waals surface area contributed by atoms with Gasteiger partial charge in [-0.05, 0) is 24.6 Å². The van der Waals surface area contributed by atoms with Crippen molar-refractivity contribution in [2.24, 2.45) is 5.10 Å². The van der Waals surface area contributed by atoms with Gasteiger partial charge in [0.15, 0.2) is 11.5 Å². The van der Waals surface area contributed by atoms with Crippen LogP contribution in [0.1, 0.15) is 21.6 Å². The van der Waals surface area contributed by atoms with Gasteiger partial charge in [-0.1, -0.05) is 11.6 Å². The maximum absolute atomic E-state index is 13.8. The molecule has 0 saturated heterocycles. The fourth-order valence-corrected chi connectivity index (χ4v) is 3.19. The van der Waals surface area contributed by atoms with Gasteiger partial charge in [-0.15, -0.1) is 0 Å². The van der Waals surface area contributed by atoms with Crippen LogP contribution < -0.4 is 15.9 Å². The highest BCUT2D eigenvalue weighted by molar-refractivity contribution is 6.33. The van der Waals surface area contributed by atoms with Gasteiger partial charge in [-0.3, -0.25) is 9.78 Å². The third-order valence-electron chi connectivity index (χ3n) is 4.31. The second kappa shape index (κ2) is 7.96. The van der Waals surface area contributed by atoms with E-state index in [0.29, 0.717) is 16.8 Å². The van der Waals surface area contributed by atoms with E-state index in [9.17, 15) is 18.0 Å². The Hall–Kier alpha value is -3.51. The monoisotopic (exact) mass is 450 g/mol. The summed E-state index contributed by atoms with van der Waals surface area (Å²) in [6.45, 7) is 2.09. The first-order valence-corrected chi connectivity index (χ1v) is 9.22. The molecule has 160 valence electrons. The molecule has 0 fully saturated rings. The van der Waals surface area contributed by atoms with E-state index in [-0.39, 0.29) is 22.2 Å². The molecule has 0 unspecified atom stereocenters. The van der Waals surface area contributed by atoms with Crippen LogP contribution in [-0.2, 0) is 6.18 Å². The van der Waals surface area contributed by atoms with Crippen LogP contribution >= 0.6 is 11.6 Å². The molecule has 0 radical (unpaired) electrons.